The topological polar surface area (TPSA) is 44.5 Å². The van der Waals surface area contributed by atoms with E-state index in [4.69, 9.17) is 18.7 Å². The van der Waals surface area contributed by atoms with E-state index in [1.165, 1.54) is 27.8 Å². The lowest BCUT2D eigenvalue weighted by Gasteiger charge is -2.34. The van der Waals surface area contributed by atoms with Crippen LogP contribution in [0.2, 0.25) is 0 Å². The van der Waals surface area contributed by atoms with Crippen LogP contribution in [0.1, 0.15) is 49.9 Å². The molecule has 0 saturated carbocycles. The molecule has 8 rings (SSSR count). The van der Waals surface area contributed by atoms with Crippen LogP contribution in [0.3, 0.4) is 0 Å². The van der Waals surface area contributed by atoms with Crippen LogP contribution in [0.25, 0.3) is 33.7 Å². The van der Waals surface area contributed by atoms with Crippen molar-refractivity contribution < 1.29 is 13.7 Å². The molecule has 1 saturated heterocycles. The van der Waals surface area contributed by atoms with Crippen molar-refractivity contribution in [3.8, 4) is 22.6 Å². The van der Waals surface area contributed by atoms with Gasteiger partial charge in [0.2, 0.25) is 5.89 Å². The third-order valence-corrected chi connectivity index (χ3v) is 9.66. The molecule has 1 aliphatic carbocycles. The zero-order chi connectivity index (χ0) is 29.4. The van der Waals surface area contributed by atoms with Crippen LogP contribution in [-0.4, -0.2) is 23.3 Å². The molecule has 6 aromatic rings. The summed E-state index contributed by atoms with van der Waals surface area (Å²) in [6, 6.07) is 42.6. The summed E-state index contributed by atoms with van der Waals surface area (Å²) in [6.45, 7) is 8.43. The van der Waals surface area contributed by atoms with Gasteiger partial charge in [0, 0.05) is 5.56 Å². The molecule has 0 N–H and O–H groups in total. The van der Waals surface area contributed by atoms with Gasteiger partial charge in [-0.15, -0.1) is 0 Å². The molecule has 1 unspecified atom stereocenters. The Balaban J connectivity index is 1.40. The van der Waals surface area contributed by atoms with Crippen LogP contribution >= 0.6 is 0 Å². The number of aromatic nitrogens is 1. The number of benzene rings is 5. The Labute approximate surface area is 252 Å². The van der Waals surface area contributed by atoms with Gasteiger partial charge in [0.25, 0.3) is 0 Å². The molecule has 4 nitrogen and oxygen atoms in total. The Morgan fingerprint density at radius 2 is 1.26 bits per heavy atom. The number of fused-ring (bicyclic) bond motifs is 4. The quantitative estimate of drug-likeness (QED) is 0.204. The van der Waals surface area contributed by atoms with Gasteiger partial charge in [-0.25, -0.2) is 4.98 Å². The summed E-state index contributed by atoms with van der Waals surface area (Å²) < 4.78 is 19.5. The molecular weight excluding hydrogens is 529 g/mol. The largest absolute Gasteiger partial charge is 0.495 e. The predicted octanol–water partition coefficient (Wildman–Crippen LogP) is 8.16. The van der Waals surface area contributed by atoms with E-state index >= 15 is 0 Å². The normalized spacial score (nSPS) is 19.9. The summed E-state index contributed by atoms with van der Waals surface area (Å²) >= 11 is 0. The highest BCUT2D eigenvalue weighted by Crippen LogP contribution is 2.56. The SMILES string of the molecule is CC1(C)OB(c2cccc3c2-c2ccccc2C3(c2ccccc2)c2ccc3oc(-c4ccccc4)nc3c2)OC1(C)C. The highest BCUT2D eigenvalue weighted by molar-refractivity contribution is 6.64. The van der Waals surface area contributed by atoms with Crippen molar-refractivity contribution in [2.75, 3.05) is 0 Å². The highest BCUT2D eigenvalue weighted by atomic mass is 16.7. The molecule has 1 aromatic heterocycles. The summed E-state index contributed by atoms with van der Waals surface area (Å²) in [6.07, 6.45) is 0. The fourth-order valence-electron chi connectivity index (χ4n) is 6.86. The minimum atomic E-state index is -0.577. The van der Waals surface area contributed by atoms with Crippen molar-refractivity contribution in [3.63, 3.8) is 0 Å². The molecule has 5 aromatic carbocycles. The van der Waals surface area contributed by atoms with Gasteiger partial charge in [-0.1, -0.05) is 97.1 Å². The third-order valence-electron chi connectivity index (χ3n) is 9.66. The first-order valence-electron chi connectivity index (χ1n) is 14.9. The lowest BCUT2D eigenvalue weighted by Crippen LogP contribution is -2.41. The van der Waals surface area contributed by atoms with Gasteiger partial charge in [-0.05, 0) is 90.8 Å². The van der Waals surface area contributed by atoms with Crippen LogP contribution < -0.4 is 5.46 Å². The van der Waals surface area contributed by atoms with Crippen molar-refractivity contribution in [2.24, 2.45) is 0 Å². The average Bonchev–Trinajstić information content (AvgIpc) is 3.65. The van der Waals surface area contributed by atoms with Gasteiger partial charge in [0.05, 0.1) is 16.6 Å². The van der Waals surface area contributed by atoms with Crippen LogP contribution in [0.15, 0.2) is 126 Å². The molecule has 0 amide bonds. The summed E-state index contributed by atoms with van der Waals surface area (Å²) in [5.41, 5.74) is 9.28. The minimum absolute atomic E-state index is 0.441. The van der Waals surface area contributed by atoms with Crippen molar-refractivity contribution in [2.45, 2.75) is 44.3 Å². The maximum absolute atomic E-state index is 6.63. The third kappa shape index (κ3) is 3.75. The maximum Gasteiger partial charge on any atom is 0.495 e. The first kappa shape index (κ1) is 26.2. The number of hydrogen-bond donors (Lipinski definition) is 0. The molecule has 2 heterocycles. The fraction of sp³-hybridized carbons (Fsp3) is 0.184. The van der Waals surface area contributed by atoms with Crippen molar-refractivity contribution in [1.29, 1.82) is 0 Å². The molecule has 0 bridgehead atoms. The first-order chi connectivity index (χ1) is 20.8. The van der Waals surface area contributed by atoms with Crippen LogP contribution in [0.4, 0.5) is 0 Å². The molecule has 43 heavy (non-hydrogen) atoms. The Morgan fingerprint density at radius 1 is 0.605 bits per heavy atom. The average molecular weight is 561 g/mol. The van der Waals surface area contributed by atoms with Crippen molar-refractivity contribution in [3.05, 3.63) is 144 Å². The molecule has 1 atom stereocenters. The van der Waals surface area contributed by atoms with Crippen molar-refractivity contribution in [1.82, 2.24) is 4.98 Å². The number of nitrogens with zero attached hydrogens (tertiary/aromatic N) is 1. The molecule has 5 heteroatoms. The van der Waals surface area contributed by atoms with E-state index in [-0.39, 0.29) is 0 Å². The van der Waals surface area contributed by atoms with Gasteiger partial charge < -0.3 is 13.7 Å². The van der Waals surface area contributed by atoms with Gasteiger partial charge in [-0.2, -0.15) is 0 Å². The Hall–Kier alpha value is -4.45. The zero-order valence-electron chi connectivity index (χ0n) is 24.8. The number of rotatable bonds is 4. The van der Waals surface area contributed by atoms with Gasteiger partial charge >= 0.3 is 7.12 Å². The summed E-state index contributed by atoms with van der Waals surface area (Å²) in [7, 11) is -0.481. The van der Waals surface area contributed by atoms with E-state index in [2.05, 4.69) is 119 Å². The highest BCUT2D eigenvalue weighted by Gasteiger charge is 2.54. The summed E-state index contributed by atoms with van der Waals surface area (Å²) in [5, 5.41) is 0. The predicted molar refractivity (Wildman–Crippen MR) is 172 cm³/mol. The Kier molecular flexibility index (Phi) is 5.65. The van der Waals surface area contributed by atoms with E-state index in [0.29, 0.717) is 5.89 Å². The van der Waals surface area contributed by atoms with Crippen LogP contribution in [0.5, 0.6) is 0 Å². The smallest absolute Gasteiger partial charge is 0.436 e. The van der Waals surface area contributed by atoms with Gasteiger partial charge in [0.15, 0.2) is 5.58 Å². The second-order valence-corrected chi connectivity index (χ2v) is 12.6. The van der Waals surface area contributed by atoms with Gasteiger partial charge in [-0.3, -0.25) is 0 Å². The van der Waals surface area contributed by atoms with Crippen LogP contribution in [0, 0.1) is 0 Å². The molecule has 0 radical (unpaired) electrons. The summed E-state index contributed by atoms with van der Waals surface area (Å²) in [5.74, 6) is 0.622. The standard InChI is InChI=1S/C38H32BNO3/c1-36(2)37(3,4)43-39(42-36)31-21-13-20-30-34(31)28-18-11-12-19-29(28)38(30,26-16-9-6-10-17-26)27-22-23-33-32(24-27)40-35(41-33)25-14-7-5-8-15-25/h5-24H,1-4H3. The molecule has 210 valence electrons. The Bertz CT molecular complexity index is 1980. The van der Waals surface area contributed by atoms with Gasteiger partial charge in [0.1, 0.15) is 5.52 Å². The second-order valence-electron chi connectivity index (χ2n) is 12.6. The van der Waals surface area contributed by atoms with Crippen LogP contribution in [-0.2, 0) is 14.7 Å². The fourth-order valence-corrected chi connectivity index (χ4v) is 6.86. The van der Waals surface area contributed by atoms with E-state index in [0.717, 1.165) is 27.7 Å². The molecule has 2 aliphatic rings. The summed E-state index contributed by atoms with van der Waals surface area (Å²) in [4.78, 5) is 4.96. The van der Waals surface area contributed by atoms with E-state index in [1.54, 1.807) is 0 Å². The molecule has 0 spiro atoms. The lowest BCUT2D eigenvalue weighted by molar-refractivity contribution is 0.00578. The van der Waals surface area contributed by atoms with E-state index in [1.807, 2.05) is 30.3 Å². The Morgan fingerprint density at radius 3 is 2.00 bits per heavy atom. The monoisotopic (exact) mass is 561 g/mol. The van der Waals surface area contributed by atoms with E-state index < -0.39 is 23.7 Å². The first-order valence-corrected chi connectivity index (χ1v) is 14.9. The zero-order valence-corrected chi connectivity index (χ0v) is 24.8. The number of oxazole rings is 1. The van der Waals surface area contributed by atoms with Crippen molar-refractivity contribution >= 4 is 23.7 Å². The minimum Gasteiger partial charge on any atom is -0.436 e. The molecule has 1 aliphatic heterocycles. The second kappa shape index (κ2) is 9.28. The maximum atomic E-state index is 6.63. The molecular formula is C38H32BNO3. The van der Waals surface area contributed by atoms with E-state index in [9.17, 15) is 0 Å². The molecule has 1 fully saturated rings. The number of hydrogen-bond acceptors (Lipinski definition) is 4. The lowest BCUT2D eigenvalue weighted by atomic mass is 9.66.